The molecule has 2 rings (SSSR count). The third kappa shape index (κ3) is 4.01. The summed E-state index contributed by atoms with van der Waals surface area (Å²) in [4.78, 5) is 24.3. The first-order chi connectivity index (χ1) is 11.0. The van der Waals surface area contributed by atoms with Crippen LogP contribution in [0.1, 0.15) is 45.1 Å². The lowest BCUT2D eigenvalue weighted by molar-refractivity contribution is -0.129. The lowest BCUT2D eigenvalue weighted by atomic mass is 9.64. The number of carbonyl (C=O) groups excluding carboxylic acids is 2. The van der Waals surface area contributed by atoms with Gasteiger partial charge in [-0.3, -0.25) is 9.59 Å². The number of anilines is 1. The summed E-state index contributed by atoms with van der Waals surface area (Å²) in [6, 6.07) is 7.68. The first kappa shape index (κ1) is 17.3. The molecule has 1 fully saturated rings. The van der Waals surface area contributed by atoms with E-state index in [4.69, 9.17) is 0 Å². The van der Waals surface area contributed by atoms with Crippen molar-refractivity contribution in [1.29, 1.82) is 0 Å². The largest absolute Gasteiger partial charge is 0.352 e. The Morgan fingerprint density at radius 1 is 1.26 bits per heavy atom. The van der Waals surface area contributed by atoms with Crippen LogP contribution < -0.4 is 10.6 Å². The summed E-state index contributed by atoms with van der Waals surface area (Å²) in [6.07, 6.45) is 5.01. The van der Waals surface area contributed by atoms with E-state index in [1.54, 1.807) is 6.08 Å². The Balaban J connectivity index is 2.07. The number of benzene rings is 1. The highest BCUT2D eigenvalue weighted by Gasteiger charge is 2.45. The molecule has 0 aromatic heterocycles. The van der Waals surface area contributed by atoms with Gasteiger partial charge in [-0.05, 0) is 36.5 Å². The van der Waals surface area contributed by atoms with Gasteiger partial charge in [0.1, 0.15) is 0 Å². The van der Waals surface area contributed by atoms with Gasteiger partial charge < -0.3 is 10.6 Å². The molecule has 2 amide bonds. The summed E-state index contributed by atoms with van der Waals surface area (Å²) in [5.74, 6) is 0.427. The van der Waals surface area contributed by atoms with Crippen molar-refractivity contribution in [2.45, 2.75) is 44.9 Å². The fraction of sp³-hybridized carbons (Fsp3) is 0.474. The molecule has 0 saturated heterocycles. The van der Waals surface area contributed by atoms with Crippen LogP contribution in [-0.2, 0) is 15.0 Å². The molecule has 4 nitrogen and oxygen atoms in total. The predicted molar refractivity (Wildman–Crippen MR) is 93.3 cm³/mol. The number of nitrogens with one attached hydrogen (secondary N) is 2. The smallest absolute Gasteiger partial charge is 0.230 e. The zero-order valence-corrected chi connectivity index (χ0v) is 14.0. The van der Waals surface area contributed by atoms with Crippen LogP contribution in [0.25, 0.3) is 0 Å². The summed E-state index contributed by atoms with van der Waals surface area (Å²) in [5.41, 5.74) is 1.39. The summed E-state index contributed by atoms with van der Waals surface area (Å²) in [5, 5.41) is 5.81. The molecule has 0 spiro atoms. The SMILES string of the molecule is C=CCNC(=O)C1(c2ccc(NC(=O)CC(C)C)cc2)CCC1. The number of rotatable bonds is 7. The van der Waals surface area contributed by atoms with Gasteiger partial charge >= 0.3 is 0 Å². The Bertz CT molecular complexity index is 572. The molecule has 4 heteroatoms. The van der Waals surface area contributed by atoms with Gasteiger partial charge in [-0.15, -0.1) is 6.58 Å². The van der Waals surface area contributed by atoms with Crippen LogP contribution in [-0.4, -0.2) is 18.4 Å². The van der Waals surface area contributed by atoms with E-state index in [0.29, 0.717) is 18.9 Å². The zero-order chi connectivity index (χ0) is 16.9. The van der Waals surface area contributed by atoms with Gasteiger partial charge in [-0.1, -0.05) is 38.5 Å². The second-order valence-corrected chi connectivity index (χ2v) is 6.66. The maximum absolute atomic E-state index is 12.5. The fourth-order valence-electron chi connectivity index (χ4n) is 2.97. The van der Waals surface area contributed by atoms with E-state index in [1.807, 2.05) is 38.1 Å². The molecular weight excluding hydrogens is 288 g/mol. The average Bonchev–Trinajstić information content (AvgIpc) is 2.44. The highest BCUT2D eigenvalue weighted by atomic mass is 16.2. The van der Waals surface area contributed by atoms with Crippen molar-refractivity contribution < 1.29 is 9.59 Å². The van der Waals surface area contributed by atoms with Gasteiger partial charge in [-0.2, -0.15) is 0 Å². The van der Waals surface area contributed by atoms with Crippen molar-refractivity contribution >= 4 is 17.5 Å². The Morgan fingerprint density at radius 3 is 2.39 bits per heavy atom. The van der Waals surface area contributed by atoms with Crippen molar-refractivity contribution in [2.75, 3.05) is 11.9 Å². The Kier molecular flexibility index (Phi) is 5.59. The standard InChI is InChI=1S/C19H26N2O2/c1-4-12-20-18(23)19(10-5-11-19)15-6-8-16(9-7-15)21-17(22)13-14(2)3/h4,6-9,14H,1,5,10-13H2,2-3H3,(H,20,23)(H,21,22). The van der Waals surface area contributed by atoms with Gasteiger partial charge in [-0.25, -0.2) is 0 Å². The maximum Gasteiger partial charge on any atom is 0.230 e. The topological polar surface area (TPSA) is 58.2 Å². The maximum atomic E-state index is 12.5. The number of hydrogen-bond acceptors (Lipinski definition) is 2. The molecule has 1 aliphatic carbocycles. The molecule has 0 bridgehead atoms. The number of hydrogen-bond donors (Lipinski definition) is 2. The fourth-order valence-corrected chi connectivity index (χ4v) is 2.97. The second kappa shape index (κ2) is 7.44. The van der Waals surface area contributed by atoms with E-state index in [1.165, 1.54) is 0 Å². The zero-order valence-electron chi connectivity index (χ0n) is 14.0. The molecule has 1 aromatic carbocycles. The quantitative estimate of drug-likeness (QED) is 0.758. The minimum absolute atomic E-state index is 0.0230. The van der Waals surface area contributed by atoms with Gasteiger partial charge in [0.05, 0.1) is 5.41 Å². The number of carbonyl (C=O) groups is 2. The van der Waals surface area contributed by atoms with Gasteiger partial charge in [0.2, 0.25) is 11.8 Å². The van der Waals surface area contributed by atoms with Crippen molar-refractivity contribution in [2.24, 2.45) is 5.92 Å². The Hall–Kier alpha value is -2.10. The first-order valence-corrected chi connectivity index (χ1v) is 8.27. The van der Waals surface area contributed by atoms with E-state index < -0.39 is 5.41 Å². The molecule has 124 valence electrons. The van der Waals surface area contributed by atoms with E-state index in [-0.39, 0.29) is 11.8 Å². The Morgan fingerprint density at radius 2 is 1.91 bits per heavy atom. The monoisotopic (exact) mass is 314 g/mol. The molecule has 0 radical (unpaired) electrons. The molecule has 0 unspecified atom stereocenters. The third-order valence-electron chi connectivity index (χ3n) is 4.36. The van der Waals surface area contributed by atoms with Crippen LogP contribution in [0.3, 0.4) is 0 Å². The van der Waals surface area contributed by atoms with Crippen molar-refractivity contribution in [1.82, 2.24) is 5.32 Å². The van der Waals surface area contributed by atoms with Crippen LogP contribution >= 0.6 is 0 Å². The molecule has 1 saturated carbocycles. The summed E-state index contributed by atoms with van der Waals surface area (Å²) < 4.78 is 0. The Labute approximate surface area is 138 Å². The molecule has 1 aliphatic rings. The van der Waals surface area contributed by atoms with Crippen LogP contribution in [0.5, 0.6) is 0 Å². The van der Waals surface area contributed by atoms with Crippen molar-refractivity contribution in [3.05, 3.63) is 42.5 Å². The van der Waals surface area contributed by atoms with Gasteiger partial charge in [0.15, 0.2) is 0 Å². The van der Waals surface area contributed by atoms with Crippen LogP contribution in [0.15, 0.2) is 36.9 Å². The van der Waals surface area contributed by atoms with E-state index in [0.717, 1.165) is 30.5 Å². The summed E-state index contributed by atoms with van der Waals surface area (Å²) in [6.45, 7) is 8.16. The molecule has 0 atom stereocenters. The van der Waals surface area contributed by atoms with Crippen LogP contribution in [0.4, 0.5) is 5.69 Å². The summed E-state index contributed by atoms with van der Waals surface area (Å²) >= 11 is 0. The molecular formula is C19H26N2O2. The highest BCUT2D eigenvalue weighted by molar-refractivity contribution is 5.92. The minimum Gasteiger partial charge on any atom is -0.352 e. The lowest BCUT2D eigenvalue weighted by Crippen LogP contribution is -2.49. The average molecular weight is 314 g/mol. The van der Waals surface area contributed by atoms with Crippen LogP contribution in [0.2, 0.25) is 0 Å². The third-order valence-corrected chi connectivity index (χ3v) is 4.36. The minimum atomic E-state index is -0.413. The van der Waals surface area contributed by atoms with E-state index >= 15 is 0 Å². The second-order valence-electron chi connectivity index (χ2n) is 6.66. The number of amides is 2. The first-order valence-electron chi connectivity index (χ1n) is 8.27. The molecule has 1 aromatic rings. The predicted octanol–water partition coefficient (Wildman–Crippen LogP) is 3.40. The van der Waals surface area contributed by atoms with Gasteiger partial charge in [0, 0.05) is 18.7 Å². The molecule has 0 heterocycles. The molecule has 23 heavy (non-hydrogen) atoms. The lowest BCUT2D eigenvalue weighted by Gasteiger charge is -2.40. The molecule has 0 aliphatic heterocycles. The van der Waals surface area contributed by atoms with E-state index in [9.17, 15) is 9.59 Å². The highest BCUT2D eigenvalue weighted by Crippen LogP contribution is 2.44. The summed E-state index contributed by atoms with van der Waals surface area (Å²) in [7, 11) is 0. The van der Waals surface area contributed by atoms with E-state index in [2.05, 4.69) is 17.2 Å². The normalized spacial score (nSPS) is 15.6. The van der Waals surface area contributed by atoms with Crippen molar-refractivity contribution in [3.8, 4) is 0 Å². The van der Waals surface area contributed by atoms with Gasteiger partial charge in [0.25, 0.3) is 0 Å². The van der Waals surface area contributed by atoms with Crippen LogP contribution in [0, 0.1) is 5.92 Å². The van der Waals surface area contributed by atoms with Crippen molar-refractivity contribution in [3.63, 3.8) is 0 Å². The molecule has 2 N–H and O–H groups in total.